The first-order chi connectivity index (χ1) is 10.0. The molecule has 1 amide bonds. The quantitative estimate of drug-likeness (QED) is 0.667. The van der Waals surface area contributed by atoms with Gasteiger partial charge in [0.15, 0.2) is 0 Å². The van der Waals surface area contributed by atoms with Crippen LogP contribution in [0.4, 0.5) is 5.69 Å². The molecule has 22 heavy (non-hydrogen) atoms. The topological polar surface area (TPSA) is 75.5 Å². The second-order valence-electron chi connectivity index (χ2n) is 6.13. The van der Waals surface area contributed by atoms with Gasteiger partial charge in [0.05, 0.1) is 4.92 Å². The average molecular weight is 326 g/mol. The number of halogens is 1. The molecule has 0 aliphatic carbocycles. The molecule has 1 atom stereocenters. The smallest absolute Gasteiger partial charge is 0.282 e. The summed E-state index contributed by atoms with van der Waals surface area (Å²) in [6, 6.07) is 4.78. The molecule has 1 aromatic rings. The van der Waals surface area contributed by atoms with E-state index >= 15 is 0 Å². The second kappa shape index (κ2) is 6.22. The van der Waals surface area contributed by atoms with Crippen LogP contribution in [-0.2, 0) is 0 Å². The molecule has 0 radical (unpaired) electrons. The van der Waals surface area contributed by atoms with E-state index in [1.54, 1.807) is 24.0 Å². The van der Waals surface area contributed by atoms with E-state index in [2.05, 4.69) is 5.32 Å². The lowest BCUT2D eigenvalue weighted by molar-refractivity contribution is -0.385. The van der Waals surface area contributed by atoms with Crippen LogP contribution in [0.5, 0.6) is 0 Å². The fourth-order valence-electron chi connectivity index (χ4n) is 3.49. The second-order valence-corrected chi connectivity index (χ2v) is 6.13. The predicted molar refractivity (Wildman–Crippen MR) is 85.5 cm³/mol. The summed E-state index contributed by atoms with van der Waals surface area (Å²) >= 11 is 0. The molecule has 1 spiro atoms. The molecule has 120 valence electrons. The van der Waals surface area contributed by atoms with E-state index in [0.717, 1.165) is 25.9 Å². The Morgan fingerprint density at radius 2 is 2.18 bits per heavy atom. The first-order valence-corrected chi connectivity index (χ1v) is 7.26. The van der Waals surface area contributed by atoms with Crippen molar-refractivity contribution < 1.29 is 9.72 Å². The Hall–Kier alpha value is -1.66. The molecule has 1 unspecified atom stereocenters. The Morgan fingerprint density at radius 1 is 1.41 bits per heavy atom. The number of carbonyl (C=O) groups is 1. The number of nitrogens with one attached hydrogen (secondary N) is 1. The van der Waals surface area contributed by atoms with Gasteiger partial charge in [-0.15, -0.1) is 12.4 Å². The van der Waals surface area contributed by atoms with Crippen LogP contribution in [0.3, 0.4) is 0 Å². The van der Waals surface area contributed by atoms with Crippen LogP contribution in [0.15, 0.2) is 18.2 Å². The number of carbonyl (C=O) groups excluding carboxylic acids is 1. The minimum atomic E-state index is -0.469. The van der Waals surface area contributed by atoms with Crippen molar-refractivity contribution in [2.45, 2.75) is 19.8 Å². The minimum absolute atomic E-state index is 0. The molecule has 1 aromatic carbocycles. The highest BCUT2D eigenvalue weighted by molar-refractivity contribution is 5.99. The van der Waals surface area contributed by atoms with E-state index in [-0.39, 0.29) is 35.0 Å². The molecule has 0 aromatic heterocycles. The van der Waals surface area contributed by atoms with Gasteiger partial charge in [-0.05, 0) is 31.9 Å². The van der Waals surface area contributed by atoms with Gasteiger partial charge in [0.2, 0.25) is 0 Å². The van der Waals surface area contributed by atoms with Crippen molar-refractivity contribution in [3.8, 4) is 0 Å². The lowest BCUT2D eigenvalue weighted by Crippen LogP contribution is -2.34. The van der Waals surface area contributed by atoms with E-state index in [1.165, 1.54) is 6.07 Å². The Bertz CT molecular complexity index is 600. The van der Waals surface area contributed by atoms with E-state index in [9.17, 15) is 14.9 Å². The standard InChI is InChI=1S/C15H19N3O3.ClH/c1-11-3-2-4-12(18(20)21)13(11)14(19)17-8-6-15(10-17)5-7-16-9-15;/h2-4,16H,5-10H2,1H3;1H. The van der Waals surface area contributed by atoms with Crippen molar-refractivity contribution in [1.82, 2.24) is 10.2 Å². The Balaban J connectivity index is 0.00000176. The SMILES string of the molecule is Cc1cccc([N+](=O)[O-])c1C(=O)N1CCC2(CCNC2)C1.Cl. The highest BCUT2D eigenvalue weighted by Crippen LogP contribution is 2.37. The summed E-state index contributed by atoms with van der Waals surface area (Å²) < 4.78 is 0. The molecule has 2 heterocycles. The van der Waals surface area contributed by atoms with Gasteiger partial charge in [-0.2, -0.15) is 0 Å². The van der Waals surface area contributed by atoms with Crippen LogP contribution in [0.25, 0.3) is 0 Å². The predicted octanol–water partition coefficient (Wildman–Crippen LogP) is 2.15. The van der Waals surface area contributed by atoms with Gasteiger partial charge < -0.3 is 10.2 Å². The third kappa shape index (κ3) is 2.80. The first-order valence-electron chi connectivity index (χ1n) is 7.26. The zero-order chi connectivity index (χ0) is 15.0. The Morgan fingerprint density at radius 3 is 2.82 bits per heavy atom. The van der Waals surface area contributed by atoms with Gasteiger partial charge in [-0.1, -0.05) is 12.1 Å². The summed E-state index contributed by atoms with van der Waals surface area (Å²) in [5, 5.41) is 14.5. The number of rotatable bonds is 2. The number of hydrogen-bond acceptors (Lipinski definition) is 4. The van der Waals surface area contributed by atoms with Crippen LogP contribution in [0.1, 0.15) is 28.8 Å². The Kier molecular flexibility index (Phi) is 4.72. The summed E-state index contributed by atoms with van der Waals surface area (Å²) in [6.07, 6.45) is 2.05. The van der Waals surface area contributed by atoms with Crippen LogP contribution in [0, 0.1) is 22.5 Å². The highest BCUT2D eigenvalue weighted by Gasteiger charge is 2.43. The summed E-state index contributed by atoms with van der Waals surface area (Å²) in [6.45, 7) is 5.07. The number of amides is 1. The number of nitro benzene ring substituents is 1. The first kappa shape index (κ1) is 16.7. The van der Waals surface area contributed by atoms with Crippen molar-refractivity contribution in [3.63, 3.8) is 0 Å². The fraction of sp³-hybridized carbons (Fsp3) is 0.533. The van der Waals surface area contributed by atoms with Gasteiger partial charge in [0.25, 0.3) is 11.6 Å². The molecule has 2 saturated heterocycles. The lowest BCUT2D eigenvalue weighted by Gasteiger charge is -2.23. The van der Waals surface area contributed by atoms with Gasteiger partial charge >= 0.3 is 0 Å². The summed E-state index contributed by atoms with van der Waals surface area (Å²) in [5.41, 5.74) is 0.989. The minimum Gasteiger partial charge on any atom is -0.338 e. The molecule has 0 bridgehead atoms. The maximum absolute atomic E-state index is 12.7. The van der Waals surface area contributed by atoms with Gasteiger partial charge in [0.1, 0.15) is 5.56 Å². The van der Waals surface area contributed by atoms with Gasteiger partial charge in [-0.3, -0.25) is 14.9 Å². The van der Waals surface area contributed by atoms with E-state index in [4.69, 9.17) is 0 Å². The van der Waals surface area contributed by atoms with Crippen molar-refractivity contribution >= 4 is 24.0 Å². The van der Waals surface area contributed by atoms with Crippen molar-refractivity contribution in [1.29, 1.82) is 0 Å². The van der Waals surface area contributed by atoms with Gasteiger partial charge in [-0.25, -0.2) is 0 Å². The number of nitro groups is 1. The molecule has 2 fully saturated rings. The van der Waals surface area contributed by atoms with Gasteiger partial charge in [0, 0.05) is 31.1 Å². The molecule has 2 aliphatic rings. The summed E-state index contributed by atoms with van der Waals surface area (Å²) in [4.78, 5) is 25.2. The number of nitrogens with zero attached hydrogens (tertiary/aromatic N) is 2. The Labute approximate surface area is 135 Å². The van der Waals surface area contributed by atoms with E-state index in [1.807, 2.05) is 0 Å². The van der Waals surface area contributed by atoms with Crippen LogP contribution in [-0.4, -0.2) is 41.9 Å². The third-order valence-corrected chi connectivity index (χ3v) is 4.72. The van der Waals surface area contributed by atoms with Crippen molar-refractivity contribution in [3.05, 3.63) is 39.4 Å². The summed E-state index contributed by atoms with van der Waals surface area (Å²) in [7, 11) is 0. The molecular weight excluding hydrogens is 306 g/mol. The highest BCUT2D eigenvalue weighted by atomic mass is 35.5. The molecule has 1 N–H and O–H groups in total. The molecule has 3 rings (SSSR count). The molecule has 6 nitrogen and oxygen atoms in total. The lowest BCUT2D eigenvalue weighted by atomic mass is 9.86. The number of benzene rings is 1. The monoisotopic (exact) mass is 325 g/mol. The number of likely N-dealkylation sites (tertiary alicyclic amines) is 1. The summed E-state index contributed by atoms with van der Waals surface area (Å²) in [5.74, 6) is -0.205. The third-order valence-electron chi connectivity index (χ3n) is 4.72. The van der Waals surface area contributed by atoms with Crippen LogP contribution < -0.4 is 5.32 Å². The van der Waals surface area contributed by atoms with Crippen molar-refractivity contribution in [2.24, 2.45) is 5.41 Å². The maximum Gasteiger partial charge on any atom is 0.282 e. The molecular formula is C15H20ClN3O3. The van der Waals surface area contributed by atoms with Crippen molar-refractivity contribution in [2.75, 3.05) is 26.2 Å². The molecule has 0 saturated carbocycles. The van der Waals surface area contributed by atoms with E-state index in [0.29, 0.717) is 18.7 Å². The normalized spacial score (nSPS) is 23.6. The maximum atomic E-state index is 12.7. The number of aryl methyl sites for hydroxylation is 1. The molecule has 2 aliphatic heterocycles. The zero-order valence-corrected chi connectivity index (χ0v) is 13.3. The average Bonchev–Trinajstić information content (AvgIpc) is 3.08. The van der Waals surface area contributed by atoms with Crippen LogP contribution in [0.2, 0.25) is 0 Å². The van der Waals surface area contributed by atoms with E-state index < -0.39 is 4.92 Å². The molecule has 7 heteroatoms. The van der Waals surface area contributed by atoms with Crippen LogP contribution >= 0.6 is 12.4 Å². The largest absolute Gasteiger partial charge is 0.338 e. The zero-order valence-electron chi connectivity index (χ0n) is 12.5. The number of hydrogen-bond donors (Lipinski definition) is 1. The fourth-order valence-corrected chi connectivity index (χ4v) is 3.49.